The molecule has 0 aliphatic carbocycles. The molecule has 3 aromatic rings. The molecule has 2 atom stereocenters. The number of hydrogen-bond donors (Lipinski definition) is 1. The quantitative estimate of drug-likeness (QED) is 0.371. The van der Waals surface area contributed by atoms with Crippen molar-refractivity contribution in [2.45, 2.75) is 26.6 Å². The zero-order valence-electron chi connectivity index (χ0n) is 18.8. The number of carbonyl (C=O) groups is 2. The van der Waals surface area contributed by atoms with E-state index in [2.05, 4.69) is 10.1 Å². The van der Waals surface area contributed by atoms with Gasteiger partial charge < -0.3 is 14.8 Å². The third kappa shape index (κ3) is 6.17. The van der Waals surface area contributed by atoms with Crippen LogP contribution >= 0.6 is 11.3 Å². The number of thiophene rings is 1. The third-order valence-electron chi connectivity index (χ3n) is 5.36. The zero-order valence-corrected chi connectivity index (χ0v) is 19.6. The van der Waals surface area contributed by atoms with Crippen LogP contribution in [0.4, 0.5) is 18.9 Å². The molecule has 0 saturated carbocycles. The van der Waals surface area contributed by atoms with Crippen molar-refractivity contribution in [1.29, 1.82) is 0 Å². The molecule has 0 bridgehead atoms. The summed E-state index contributed by atoms with van der Waals surface area (Å²) >= 11 is 0.657. The van der Waals surface area contributed by atoms with Gasteiger partial charge in [-0.3, -0.25) is 9.59 Å². The van der Waals surface area contributed by atoms with Crippen molar-refractivity contribution in [1.82, 2.24) is 0 Å². The van der Waals surface area contributed by atoms with Crippen molar-refractivity contribution >= 4 is 28.9 Å². The van der Waals surface area contributed by atoms with E-state index in [1.807, 2.05) is 0 Å². The van der Waals surface area contributed by atoms with Gasteiger partial charge in [-0.25, -0.2) is 0 Å². The highest BCUT2D eigenvalue weighted by atomic mass is 32.1. The molecule has 0 aliphatic rings. The zero-order chi connectivity index (χ0) is 24.9. The highest BCUT2D eigenvalue weighted by molar-refractivity contribution is 7.12. The first kappa shape index (κ1) is 25.3. The summed E-state index contributed by atoms with van der Waals surface area (Å²) in [4.78, 5) is 23.8. The van der Waals surface area contributed by atoms with E-state index >= 15 is 0 Å². The topological polar surface area (TPSA) is 64.6 Å². The molecule has 2 aromatic carbocycles. The second kappa shape index (κ2) is 10.7. The first-order valence-electron chi connectivity index (χ1n) is 10.5. The first-order chi connectivity index (χ1) is 16.1. The number of anilines is 1. The highest BCUT2D eigenvalue weighted by Crippen LogP contribution is 2.43. The standard InChI is InChI=1S/C25H24F3NO4S/c1-15(16(2)24(31)32-3)23(30)29-18-9-11-19(12-10-18)33-14-20-13-21(17-7-5-4-6-8-17)22(34-20)25(26,27)28/h4-13,15-16H,14H2,1-3H3,(H,29,30)/t15-,16+/m1/s1. The van der Waals surface area contributed by atoms with Gasteiger partial charge in [-0.2, -0.15) is 13.2 Å². The van der Waals surface area contributed by atoms with Gasteiger partial charge in [0, 0.05) is 22.0 Å². The van der Waals surface area contributed by atoms with Crippen LogP contribution in [0, 0.1) is 11.8 Å². The van der Waals surface area contributed by atoms with Crippen LogP contribution < -0.4 is 10.1 Å². The van der Waals surface area contributed by atoms with Crippen molar-refractivity contribution in [2.75, 3.05) is 12.4 Å². The van der Waals surface area contributed by atoms with Gasteiger partial charge in [-0.1, -0.05) is 44.2 Å². The first-order valence-corrected chi connectivity index (χ1v) is 11.3. The second-order valence-electron chi connectivity index (χ2n) is 7.72. The number of hydrogen-bond acceptors (Lipinski definition) is 5. The van der Waals surface area contributed by atoms with Crippen molar-refractivity contribution in [3.05, 3.63) is 70.4 Å². The molecular weight excluding hydrogens is 467 g/mol. The van der Waals surface area contributed by atoms with Gasteiger partial charge in [-0.05, 0) is 35.9 Å². The summed E-state index contributed by atoms with van der Waals surface area (Å²) in [6.45, 7) is 3.22. The average molecular weight is 492 g/mol. The number of benzene rings is 2. The Hall–Kier alpha value is -3.33. The fourth-order valence-corrected chi connectivity index (χ4v) is 4.18. The number of methoxy groups -OCH3 is 1. The monoisotopic (exact) mass is 491 g/mol. The van der Waals surface area contributed by atoms with Crippen LogP contribution in [0.1, 0.15) is 23.6 Å². The summed E-state index contributed by atoms with van der Waals surface area (Å²) in [5.41, 5.74) is 1.13. The molecule has 1 amide bonds. The van der Waals surface area contributed by atoms with Gasteiger partial charge in [0.2, 0.25) is 5.91 Å². The summed E-state index contributed by atoms with van der Waals surface area (Å²) in [5, 5.41) is 2.72. The van der Waals surface area contributed by atoms with E-state index < -0.39 is 28.9 Å². The van der Waals surface area contributed by atoms with Crippen LogP contribution in [0.15, 0.2) is 60.7 Å². The Balaban J connectivity index is 1.65. The van der Waals surface area contributed by atoms with Crippen LogP contribution in [0.25, 0.3) is 11.1 Å². The number of carbonyl (C=O) groups excluding carboxylic acids is 2. The van der Waals surface area contributed by atoms with E-state index in [1.54, 1.807) is 68.4 Å². The predicted octanol–water partition coefficient (Wildman–Crippen LogP) is 6.40. The number of ether oxygens (including phenoxy) is 2. The maximum Gasteiger partial charge on any atom is 0.426 e. The number of nitrogens with one attached hydrogen (secondary N) is 1. The molecule has 1 N–H and O–H groups in total. The van der Waals surface area contributed by atoms with E-state index in [0.29, 0.717) is 33.2 Å². The summed E-state index contributed by atoms with van der Waals surface area (Å²) in [6, 6.07) is 16.4. The van der Waals surface area contributed by atoms with E-state index in [1.165, 1.54) is 13.2 Å². The van der Waals surface area contributed by atoms with Gasteiger partial charge in [0.1, 0.15) is 17.2 Å². The van der Waals surface area contributed by atoms with Gasteiger partial charge >= 0.3 is 12.1 Å². The molecule has 180 valence electrons. The molecule has 1 heterocycles. The number of amides is 1. The lowest BCUT2D eigenvalue weighted by Gasteiger charge is -2.17. The average Bonchev–Trinajstić information content (AvgIpc) is 3.28. The molecule has 0 unspecified atom stereocenters. The number of halogens is 3. The number of alkyl halides is 3. The summed E-state index contributed by atoms with van der Waals surface area (Å²) in [5.74, 6) is -1.55. The lowest BCUT2D eigenvalue weighted by molar-refractivity contribution is -0.148. The molecule has 0 aliphatic heterocycles. The second-order valence-corrected chi connectivity index (χ2v) is 8.86. The highest BCUT2D eigenvalue weighted by Gasteiger charge is 2.36. The molecule has 0 spiro atoms. The molecular formula is C25H24F3NO4S. The molecule has 5 nitrogen and oxygen atoms in total. The smallest absolute Gasteiger partial charge is 0.426 e. The maximum atomic E-state index is 13.5. The molecule has 3 rings (SSSR count). The van der Waals surface area contributed by atoms with Gasteiger partial charge in [0.25, 0.3) is 0 Å². The Morgan fingerprint density at radius 2 is 1.65 bits per heavy atom. The Morgan fingerprint density at radius 1 is 1.00 bits per heavy atom. The van der Waals surface area contributed by atoms with Crippen LogP contribution in [0.2, 0.25) is 0 Å². The molecule has 0 saturated heterocycles. The van der Waals surface area contributed by atoms with E-state index in [-0.39, 0.29) is 18.1 Å². The number of esters is 1. The van der Waals surface area contributed by atoms with E-state index in [4.69, 9.17) is 4.74 Å². The maximum absolute atomic E-state index is 13.5. The Kier molecular flexibility index (Phi) is 7.98. The van der Waals surface area contributed by atoms with Crippen molar-refractivity contribution in [3.63, 3.8) is 0 Å². The van der Waals surface area contributed by atoms with E-state index in [9.17, 15) is 22.8 Å². The molecule has 0 radical (unpaired) electrons. The number of rotatable bonds is 8. The Labute approximate surface area is 199 Å². The minimum atomic E-state index is -4.46. The van der Waals surface area contributed by atoms with Crippen LogP contribution in [-0.2, 0) is 27.1 Å². The van der Waals surface area contributed by atoms with Gasteiger partial charge in [-0.15, -0.1) is 11.3 Å². The van der Waals surface area contributed by atoms with E-state index in [0.717, 1.165) is 0 Å². The largest absolute Gasteiger partial charge is 0.488 e. The van der Waals surface area contributed by atoms with Crippen LogP contribution in [-0.4, -0.2) is 19.0 Å². The fraction of sp³-hybridized carbons (Fsp3) is 0.280. The summed E-state index contributed by atoms with van der Waals surface area (Å²) in [7, 11) is 1.27. The van der Waals surface area contributed by atoms with Gasteiger partial charge in [0.05, 0.1) is 13.0 Å². The van der Waals surface area contributed by atoms with Crippen molar-refractivity contribution in [2.24, 2.45) is 11.8 Å². The summed E-state index contributed by atoms with van der Waals surface area (Å²) < 4.78 is 51.0. The Bertz CT molecular complexity index is 1130. The Morgan fingerprint density at radius 3 is 2.24 bits per heavy atom. The molecule has 0 fully saturated rings. The normalized spacial score (nSPS) is 13.1. The lowest BCUT2D eigenvalue weighted by atomic mass is 9.95. The van der Waals surface area contributed by atoms with Crippen molar-refractivity contribution in [3.8, 4) is 16.9 Å². The third-order valence-corrected chi connectivity index (χ3v) is 6.52. The molecule has 34 heavy (non-hydrogen) atoms. The lowest BCUT2D eigenvalue weighted by Crippen LogP contribution is -2.30. The van der Waals surface area contributed by atoms with Crippen LogP contribution in [0.3, 0.4) is 0 Å². The minimum Gasteiger partial charge on any atom is -0.488 e. The molecule has 1 aromatic heterocycles. The summed E-state index contributed by atoms with van der Waals surface area (Å²) in [6.07, 6.45) is -4.46. The molecule has 9 heteroatoms. The predicted molar refractivity (Wildman–Crippen MR) is 125 cm³/mol. The fourth-order valence-electron chi connectivity index (χ4n) is 3.22. The van der Waals surface area contributed by atoms with Gasteiger partial charge in [0.15, 0.2) is 0 Å². The van der Waals surface area contributed by atoms with Crippen LogP contribution in [0.5, 0.6) is 5.75 Å². The SMILES string of the molecule is COC(=O)[C@@H](C)[C@@H](C)C(=O)Nc1ccc(OCc2cc(-c3ccccc3)c(C(F)(F)F)s2)cc1. The van der Waals surface area contributed by atoms with Crippen molar-refractivity contribution < 1.29 is 32.2 Å². The minimum absolute atomic E-state index is 0.0278.